The normalized spacial score (nSPS) is 13.6. The molecular weight excluding hydrogens is 426 g/mol. The van der Waals surface area contributed by atoms with Gasteiger partial charge in [0.25, 0.3) is 5.91 Å². The van der Waals surface area contributed by atoms with Crippen LogP contribution in [0.1, 0.15) is 21.5 Å². The first-order valence-electron chi connectivity index (χ1n) is 11.5. The maximum Gasteiger partial charge on any atom is 0.255 e. The summed E-state index contributed by atoms with van der Waals surface area (Å²) < 4.78 is 7.38. The molecule has 7 heteroatoms. The first kappa shape index (κ1) is 21.9. The van der Waals surface area contributed by atoms with Gasteiger partial charge < -0.3 is 15.0 Å². The molecule has 1 aliphatic rings. The first-order valence-corrected chi connectivity index (χ1v) is 11.5. The zero-order valence-electron chi connectivity index (χ0n) is 18.9. The van der Waals surface area contributed by atoms with Gasteiger partial charge in [0.2, 0.25) is 0 Å². The minimum Gasteiger partial charge on any atom is -0.378 e. The molecule has 1 fully saturated rings. The van der Waals surface area contributed by atoms with Crippen molar-refractivity contribution in [3.63, 3.8) is 0 Å². The number of hydrogen-bond acceptors (Lipinski definition) is 5. The highest BCUT2D eigenvalue weighted by Gasteiger charge is 2.20. The topological polar surface area (TPSA) is 72.3 Å². The van der Waals surface area contributed by atoms with Crippen LogP contribution in [0.3, 0.4) is 0 Å². The minimum absolute atomic E-state index is 0.149. The number of nitrogens with one attached hydrogen (secondary N) is 1. The van der Waals surface area contributed by atoms with E-state index < -0.39 is 0 Å². The van der Waals surface area contributed by atoms with Crippen molar-refractivity contribution in [2.45, 2.75) is 13.1 Å². The molecule has 0 atom stereocenters. The van der Waals surface area contributed by atoms with Gasteiger partial charge in [0.05, 0.1) is 31.0 Å². The van der Waals surface area contributed by atoms with Gasteiger partial charge in [-0.1, -0.05) is 60.7 Å². The van der Waals surface area contributed by atoms with Crippen molar-refractivity contribution in [1.82, 2.24) is 20.1 Å². The molecule has 0 saturated carbocycles. The Morgan fingerprint density at radius 2 is 1.68 bits per heavy atom. The van der Waals surface area contributed by atoms with Gasteiger partial charge in [-0.3, -0.25) is 9.48 Å². The van der Waals surface area contributed by atoms with Crippen LogP contribution >= 0.6 is 0 Å². The highest BCUT2D eigenvalue weighted by molar-refractivity contribution is 5.98. The Morgan fingerprint density at radius 1 is 0.941 bits per heavy atom. The van der Waals surface area contributed by atoms with E-state index in [1.807, 2.05) is 65.5 Å². The average molecular weight is 454 g/mol. The van der Waals surface area contributed by atoms with Crippen molar-refractivity contribution < 1.29 is 9.53 Å². The number of pyridine rings is 1. The molecule has 1 saturated heterocycles. The Balaban J connectivity index is 1.37. The lowest BCUT2D eigenvalue weighted by Gasteiger charge is -2.29. The van der Waals surface area contributed by atoms with E-state index in [2.05, 4.69) is 27.3 Å². The monoisotopic (exact) mass is 453 g/mol. The molecule has 2 aromatic carbocycles. The zero-order valence-corrected chi connectivity index (χ0v) is 18.9. The van der Waals surface area contributed by atoms with Crippen molar-refractivity contribution in [3.05, 3.63) is 102 Å². The minimum atomic E-state index is -0.149. The fourth-order valence-corrected chi connectivity index (χ4v) is 4.15. The lowest BCUT2D eigenvalue weighted by atomic mass is 10.1. The van der Waals surface area contributed by atoms with Crippen molar-refractivity contribution in [3.8, 4) is 11.3 Å². The number of rotatable bonds is 7. The quantitative estimate of drug-likeness (QED) is 0.461. The fourth-order valence-electron chi connectivity index (χ4n) is 4.15. The van der Waals surface area contributed by atoms with Gasteiger partial charge >= 0.3 is 0 Å². The molecule has 2 aromatic heterocycles. The number of anilines is 1. The van der Waals surface area contributed by atoms with Gasteiger partial charge in [-0.15, -0.1) is 0 Å². The third kappa shape index (κ3) is 5.00. The largest absolute Gasteiger partial charge is 0.378 e. The number of benzene rings is 2. The Hall–Kier alpha value is -3.97. The van der Waals surface area contributed by atoms with Crippen molar-refractivity contribution in [1.29, 1.82) is 0 Å². The number of nitrogens with zero attached hydrogens (tertiary/aromatic N) is 4. The third-order valence-electron chi connectivity index (χ3n) is 5.85. The van der Waals surface area contributed by atoms with Crippen LogP contribution in [0.4, 0.5) is 5.82 Å². The number of carbonyl (C=O) groups excluding carboxylic acids is 1. The zero-order chi connectivity index (χ0) is 23.2. The molecule has 172 valence electrons. The van der Waals surface area contributed by atoms with Crippen molar-refractivity contribution >= 4 is 11.7 Å². The van der Waals surface area contributed by atoms with E-state index >= 15 is 0 Å². The SMILES string of the molecule is O=C(NCc1cn(Cc2ccccc2)nc1-c1ccccc1)c1cccnc1N1CCOCC1. The molecule has 1 N–H and O–H groups in total. The molecule has 4 aromatic rings. The summed E-state index contributed by atoms with van der Waals surface area (Å²) in [5.74, 6) is 0.552. The predicted octanol–water partition coefficient (Wildman–Crippen LogP) is 3.76. The van der Waals surface area contributed by atoms with Gasteiger partial charge in [0.15, 0.2) is 0 Å². The number of ether oxygens (including phenoxy) is 1. The van der Waals surface area contributed by atoms with Crippen LogP contribution < -0.4 is 10.2 Å². The van der Waals surface area contributed by atoms with Crippen LogP contribution in [0.25, 0.3) is 11.3 Å². The van der Waals surface area contributed by atoms with E-state index in [1.165, 1.54) is 5.56 Å². The molecule has 0 radical (unpaired) electrons. The second kappa shape index (κ2) is 10.3. The second-order valence-electron chi connectivity index (χ2n) is 8.21. The standard InChI is InChI=1S/C27H27N5O2/c33-27(24-12-7-13-28-26(24)31-14-16-34-17-15-31)29-18-23-20-32(19-21-8-3-1-4-9-21)30-25(23)22-10-5-2-6-11-22/h1-13,20H,14-19H2,(H,29,33). The van der Waals surface area contributed by atoms with Crippen LogP contribution in [0.15, 0.2) is 85.2 Å². The van der Waals surface area contributed by atoms with E-state index in [0.717, 1.165) is 29.9 Å². The lowest BCUT2D eigenvalue weighted by Crippen LogP contribution is -2.38. The molecule has 1 amide bonds. The maximum absolute atomic E-state index is 13.2. The molecule has 7 nitrogen and oxygen atoms in total. The Bertz CT molecular complexity index is 1230. The number of morpholine rings is 1. The van der Waals surface area contributed by atoms with E-state index in [-0.39, 0.29) is 5.91 Å². The molecule has 3 heterocycles. The summed E-state index contributed by atoms with van der Waals surface area (Å²) in [4.78, 5) is 19.8. The molecule has 0 spiro atoms. The van der Waals surface area contributed by atoms with Crippen LogP contribution in [0.2, 0.25) is 0 Å². The van der Waals surface area contributed by atoms with Gasteiger partial charge in [-0.2, -0.15) is 5.10 Å². The highest BCUT2D eigenvalue weighted by atomic mass is 16.5. The van der Waals surface area contributed by atoms with Gasteiger partial charge in [0.1, 0.15) is 5.82 Å². The van der Waals surface area contributed by atoms with Crippen molar-refractivity contribution in [2.24, 2.45) is 0 Å². The van der Waals surface area contributed by atoms with Crippen LogP contribution in [-0.4, -0.2) is 47.0 Å². The number of carbonyl (C=O) groups is 1. The van der Waals surface area contributed by atoms with Gasteiger partial charge in [-0.25, -0.2) is 4.98 Å². The maximum atomic E-state index is 13.2. The molecule has 34 heavy (non-hydrogen) atoms. The summed E-state index contributed by atoms with van der Waals surface area (Å²) in [5, 5.41) is 7.94. The van der Waals surface area contributed by atoms with Crippen LogP contribution in [0, 0.1) is 0 Å². The molecule has 0 unspecified atom stereocenters. The Morgan fingerprint density at radius 3 is 2.44 bits per heavy atom. The van der Waals surface area contributed by atoms with E-state index in [9.17, 15) is 4.79 Å². The van der Waals surface area contributed by atoms with E-state index in [0.29, 0.717) is 37.7 Å². The Kier molecular flexibility index (Phi) is 6.63. The summed E-state index contributed by atoms with van der Waals surface area (Å²) >= 11 is 0. The summed E-state index contributed by atoms with van der Waals surface area (Å²) in [6, 6.07) is 23.9. The van der Waals surface area contributed by atoms with Crippen LogP contribution in [-0.2, 0) is 17.8 Å². The number of aromatic nitrogens is 3. The van der Waals surface area contributed by atoms with Gasteiger partial charge in [-0.05, 0) is 17.7 Å². The second-order valence-corrected chi connectivity index (χ2v) is 8.21. The number of amides is 1. The van der Waals surface area contributed by atoms with E-state index in [4.69, 9.17) is 9.84 Å². The smallest absolute Gasteiger partial charge is 0.255 e. The number of hydrogen-bond donors (Lipinski definition) is 1. The van der Waals surface area contributed by atoms with E-state index in [1.54, 1.807) is 12.3 Å². The average Bonchev–Trinajstić information content (AvgIpc) is 3.31. The predicted molar refractivity (Wildman–Crippen MR) is 132 cm³/mol. The summed E-state index contributed by atoms with van der Waals surface area (Å²) in [6.07, 6.45) is 3.74. The fraction of sp³-hybridized carbons (Fsp3) is 0.222. The Labute approximate surface area is 199 Å². The third-order valence-corrected chi connectivity index (χ3v) is 5.85. The summed E-state index contributed by atoms with van der Waals surface area (Å²) in [5.41, 5.74) is 4.60. The van der Waals surface area contributed by atoms with Crippen molar-refractivity contribution in [2.75, 3.05) is 31.2 Å². The molecule has 1 aliphatic heterocycles. The lowest BCUT2D eigenvalue weighted by molar-refractivity contribution is 0.0949. The van der Waals surface area contributed by atoms with Gasteiger partial charge in [0, 0.05) is 43.2 Å². The molecule has 0 bridgehead atoms. The molecule has 0 aliphatic carbocycles. The molecule has 5 rings (SSSR count). The van der Waals surface area contributed by atoms with Crippen LogP contribution in [0.5, 0.6) is 0 Å². The molecular formula is C27H27N5O2. The first-order chi connectivity index (χ1) is 16.8. The highest BCUT2D eigenvalue weighted by Crippen LogP contribution is 2.23. The summed E-state index contributed by atoms with van der Waals surface area (Å²) in [6.45, 7) is 3.76. The summed E-state index contributed by atoms with van der Waals surface area (Å²) in [7, 11) is 0.